The molecule has 1 unspecified atom stereocenters. The van der Waals surface area contributed by atoms with Crippen molar-refractivity contribution in [2.24, 2.45) is 0 Å². The summed E-state index contributed by atoms with van der Waals surface area (Å²) in [7, 11) is 0. The Morgan fingerprint density at radius 3 is 2.26 bits per heavy atom. The van der Waals surface area contributed by atoms with Crippen LogP contribution < -0.4 is 10.6 Å². The summed E-state index contributed by atoms with van der Waals surface area (Å²) in [6.45, 7) is 4.24. The minimum absolute atomic E-state index is 0.0690. The van der Waals surface area contributed by atoms with E-state index < -0.39 is 5.97 Å². The van der Waals surface area contributed by atoms with Gasteiger partial charge >= 0.3 is 5.97 Å². The lowest BCUT2D eigenvalue weighted by atomic mass is 10.2. The zero-order chi connectivity index (χ0) is 14.7. The minimum Gasteiger partial charge on any atom is -0.481 e. The Labute approximate surface area is 113 Å². The summed E-state index contributed by atoms with van der Waals surface area (Å²) < 4.78 is 0. The molecule has 19 heavy (non-hydrogen) atoms. The van der Waals surface area contributed by atoms with Gasteiger partial charge in [-0.2, -0.15) is 0 Å². The molecule has 0 aliphatic heterocycles. The fourth-order valence-corrected chi connectivity index (χ4v) is 1.41. The first-order valence-electron chi connectivity index (χ1n) is 6.73. The molecule has 0 aliphatic carbocycles. The molecule has 0 heterocycles. The lowest BCUT2D eigenvalue weighted by molar-refractivity contribution is -0.137. The predicted octanol–water partition coefficient (Wildman–Crippen LogP) is 1.05. The number of rotatable bonds is 10. The molecule has 0 aromatic rings. The molecule has 0 saturated heterocycles. The van der Waals surface area contributed by atoms with Crippen molar-refractivity contribution in [1.29, 1.82) is 0 Å². The monoisotopic (exact) mass is 272 g/mol. The molecular formula is C13H24N2O4. The van der Waals surface area contributed by atoms with E-state index in [2.05, 4.69) is 10.6 Å². The normalized spacial score (nSPS) is 11.7. The van der Waals surface area contributed by atoms with Gasteiger partial charge < -0.3 is 15.7 Å². The summed E-state index contributed by atoms with van der Waals surface area (Å²) in [4.78, 5) is 33.0. The zero-order valence-electron chi connectivity index (χ0n) is 11.7. The van der Waals surface area contributed by atoms with E-state index >= 15 is 0 Å². The van der Waals surface area contributed by atoms with Crippen LogP contribution in [0.5, 0.6) is 0 Å². The molecule has 6 nitrogen and oxygen atoms in total. The number of amides is 2. The number of hydrogen-bond donors (Lipinski definition) is 3. The second-order valence-electron chi connectivity index (χ2n) is 4.58. The number of hydrogen-bond acceptors (Lipinski definition) is 3. The maximum absolute atomic E-state index is 11.4. The van der Waals surface area contributed by atoms with E-state index in [0.717, 1.165) is 6.42 Å². The fourth-order valence-electron chi connectivity index (χ4n) is 1.41. The number of nitrogens with one attached hydrogen (secondary N) is 2. The average molecular weight is 272 g/mol. The Morgan fingerprint density at radius 2 is 1.68 bits per heavy atom. The molecule has 6 heteroatoms. The number of unbranched alkanes of at least 4 members (excludes halogenated alkanes) is 1. The molecule has 0 bridgehead atoms. The summed E-state index contributed by atoms with van der Waals surface area (Å²) in [5, 5.41) is 13.9. The predicted molar refractivity (Wildman–Crippen MR) is 71.6 cm³/mol. The first kappa shape index (κ1) is 17.4. The highest BCUT2D eigenvalue weighted by Gasteiger charge is 2.06. The van der Waals surface area contributed by atoms with Crippen molar-refractivity contribution in [3.8, 4) is 0 Å². The van der Waals surface area contributed by atoms with Crippen molar-refractivity contribution in [1.82, 2.24) is 10.6 Å². The summed E-state index contributed by atoms with van der Waals surface area (Å²) >= 11 is 0. The average Bonchev–Trinajstić information content (AvgIpc) is 2.34. The van der Waals surface area contributed by atoms with Crippen LogP contribution in [0.2, 0.25) is 0 Å². The van der Waals surface area contributed by atoms with Gasteiger partial charge in [0.1, 0.15) is 0 Å². The fraction of sp³-hybridized carbons (Fsp3) is 0.769. The number of carboxylic acid groups (broad SMARTS) is 1. The molecule has 2 amide bonds. The SMILES string of the molecule is CCC(C)NC(=O)CCNC(=O)CCCCC(=O)O. The van der Waals surface area contributed by atoms with Gasteiger partial charge in [0.15, 0.2) is 0 Å². The van der Waals surface area contributed by atoms with Gasteiger partial charge in [-0.05, 0) is 26.2 Å². The zero-order valence-corrected chi connectivity index (χ0v) is 11.7. The molecule has 0 aliphatic rings. The van der Waals surface area contributed by atoms with Crippen LogP contribution in [0, 0.1) is 0 Å². The Hall–Kier alpha value is -1.59. The van der Waals surface area contributed by atoms with E-state index in [1.807, 2.05) is 13.8 Å². The highest BCUT2D eigenvalue weighted by molar-refractivity contribution is 5.79. The van der Waals surface area contributed by atoms with Crippen LogP contribution in [0.3, 0.4) is 0 Å². The number of aliphatic carboxylic acids is 1. The highest BCUT2D eigenvalue weighted by Crippen LogP contribution is 1.99. The van der Waals surface area contributed by atoms with Gasteiger partial charge in [-0.1, -0.05) is 6.92 Å². The lowest BCUT2D eigenvalue weighted by Crippen LogP contribution is -2.35. The van der Waals surface area contributed by atoms with Crippen LogP contribution in [0.25, 0.3) is 0 Å². The van der Waals surface area contributed by atoms with Crippen molar-refractivity contribution in [3.05, 3.63) is 0 Å². The molecule has 0 fully saturated rings. The van der Waals surface area contributed by atoms with Crippen molar-refractivity contribution in [2.45, 2.75) is 58.4 Å². The summed E-state index contributed by atoms with van der Waals surface area (Å²) in [5.41, 5.74) is 0. The van der Waals surface area contributed by atoms with Gasteiger partial charge in [0.05, 0.1) is 0 Å². The Balaban J connectivity index is 3.52. The van der Waals surface area contributed by atoms with Crippen molar-refractivity contribution < 1.29 is 19.5 Å². The third kappa shape index (κ3) is 11.2. The van der Waals surface area contributed by atoms with Crippen LogP contribution in [0.4, 0.5) is 0 Å². The van der Waals surface area contributed by atoms with E-state index in [1.165, 1.54) is 0 Å². The van der Waals surface area contributed by atoms with Crippen LogP contribution >= 0.6 is 0 Å². The third-order valence-corrected chi connectivity index (χ3v) is 2.74. The number of carbonyl (C=O) groups excluding carboxylic acids is 2. The number of carboxylic acids is 1. The second-order valence-corrected chi connectivity index (χ2v) is 4.58. The van der Waals surface area contributed by atoms with Crippen LogP contribution in [0.15, 0.2) is 0 Å². The minimum atomic E-state index is -0.845. The quantitative estimate of drug-likeness (QED) is 0.518. The molecule has 110 valence electrons. The topological polar surface area (TPSA) is 95.5 Å². The maximum Gasteiger partial charge on any atom is 0.303 e. The first-order chi connectivity index (χ1) is 8.95. The molecule has 0 radical (unpaired) electrons. The van der Waals surface area contributed by atoms with E-state index in [9.17, 15) is 14.4 Å². The standard InChI is InChI=1S/C13H24N2O4/c1-3-10(2)15-12(17)8-9-14-11(16)6-4-5-7-13(18)19/h10H,3-9H2,1-2H3,(H,14,16)(H,15,17)(H,18,19). The Bertz CT molecular complexity index is 305. The van der Waals surface area contributed by atoms with Crippen molar-refractivity contribution in [3.63, 3.8) is 0 Å². The molecule has 0 saturated carbocycles. The van der Waals surface area contributed by atoms with E-state index in [4.69, 9.17) is 5.11 Å². The van der Waals surface area contributed by atoms with E-state index in [0.29, 0.717) is 25.8 Å². The van der Waals surface area contributed by atoms with E-state index in [1.54, 1.807) is 0 Å². The summed E-state index contributed by atoms with van der Waals surface area (Å²) in [6.07, 6.45) is 2.59. The Kier molecular flexibility index (Phi) is 9.48. The van der Waals surface area contributed by atoms with Gasteiger partial charge in [0.2, 0.25) is 11.8 Å². The smallest absolute Gasteiger partial charge is 0.303 e. The van der Waals surface area contributed by atoms with Crippen molar-refractivity contribution in [2.75, 3.05) is 6.54 Å². The molecular weight excluding hydrogens is 248 g/mol. The largest absolute Gasteiger partial charge is 0.481 e. The van der Waals surface area contributed by atoms with Crippen molar-refractivity contribution >= 4 is 17.8 Å². The molecule has 3 N–H and O–H groups in total. The summed E-state index contributed by atoms with van der Waals surface area (Å²) in [6, 6.07) is 0.152. The first-order valence-corrected chi connectivity index (χ1v) is 6.73. The van der Waals surface area contributed by atoms with Gasteiger partial charge in [-0.3, -0.25) is 14.4 Å². The van der Waals surface area contributed by atoms with Crippen LogP contribution in [-0.4, -0.2) is 35.5 Å². The highest BCUT2D eigenvalue weighted by atomic mass is 16.4. The van der Waals surface area contributed by atoms with Gasteiger partial charge in [-0.25, -0.2) is 0 Å². The maximum atomic E-state index is 11.4. The molecule has 0 aromatic heterocycles. The second kappa shape index (κ2) is 10.3. The van der Waals surface area contributed by atoms with Gasteiger partial charge in [0.25, 0.3) is 0 Å². The van der Waals surface area contributed by atoms with Crippen LogP contribution in [-0.2, 0) is 14.4 Å². The molecule has 0 spiro atoms. The Morgan fingerprint density at radius 1 is 1.05 bits per heavy atom. The summed E-state index contributed by atoms with van der Waals surface area (Å²) in [5.74, 6) is -1.05. The van der Waals surface area contributed by atoms with Gasteiger partial charge in [0, 0.05) is 31.8 Å². The molecule has 0 rings (SSSR count). The number of carbonyl (C=O) groups is 3. The molecule has 1 atom stereocenters. The van der Waals surface area contributed by atoms with Crippen LogP contribution in [0.1, 0.15) is 52.4 Å². The lowest BCUT2D eigenvalue weighted by Gasteiger charge is -2.11. The van der Waals surface area contributed by atoms with Gasteiger partial charge in [-0.15, -0.1) is 0 Å². The van der Waals surface area contributed by atoms with E-state index in [-0.39, 0.29) is 30.7 Å². The third-order valence-electron chi connectivity index (χ3n) is 2.74. The molecule has 0 aromatic carbocycles.